The van der Waals surface area contributed by atoms with Crippen LogP contribution in [0, 0.1) is 19.3 Å². The molecule has 0 saturated heterocycles. The average Bonchev–Trinajstić information content (AvgIpc) is 3.08. The minimum Gasteiger partial charge on any atom is -0.508 e. The highest BCUT2D eigenvalue weighted by atomic mass is 16.3. The van der Waals surface area contributed by atoms with Gasteiger partial charge in [0.25, 0.3) is 0 Å². The van der Waals surface area contributed by atoms with Crippen LogP contribution in [0.25, 0.3) is 5.69 Å². The summed E-state index contributed by atoms with van der Waals surface area (Å²) in [5.41, 5.74) is 6.80. The first-order valence-electron chi connectivity index (χ1n) is 12.1. The molecule has 1 aliphatic heterocycles. The number of ketones is 1. The molecule has 6 heteroatoms. The first-order valence-corrected chi connectivity index (χ1v) is 12.1. The quantitative estimate of drug-likeness (QED) is 0.439. The molecular weight excluding hydrogens is 438 g/mol. The number of aryl methyl sites for hydroxylation is 2. The summed E-state index contributed by atoms with van der Waals surface area (Å²) >= 11 is 0. The lowest BCUT2D eigenvalue weighted by Gasteiger charge is -2.38. The van der Waals surface area contributed by atoms with Crippen LogP contribution in [-0.2, 0) is 4.79 Å². The number of carbonyl (C=O) groups excluding carboxylic acids is 1. The molecule has 0 amide bonds. The zero-order valence-electron chi connectivity index (χ0n) is 21.4. The van der Waals surface area contributed by atoms with Crippen molar-refractivity contribution in [3.8, 4) is 11.4 Å². The van der Waals surface area contributed by atoms with Crippen LogP contribution in [0.1, 0.15) is 68.8 Å². The summed E-state index contributed by atoms with van der Waals surface area (Å²) in [5, 5.41) is 26.4. The predicted molar refractivity (Wildman–Crippen MR) is 139 cm³/mol. The lowest BCUT2D eigenvalue weighted by atomic mass is 9.69. The average molecular weight is 474 g/mol. The SMILES string of the molecule is CC(C)O.Cc1cccc(-n2nc(C)c3c2NC2=C(C(=O)CC(C)(C)C2)C3c2ccc(O)cc2)c1. The van der Waals surface area contributed by atoms with Crippen LogP contribution in [-0.4, -0.2) is 31.9 Å². The van der Waals surface area contributed by atoms with Crippen molar-refractivity contribution in [3.05, 3.63) is 82.2 Å². The van der Waals surface area contributed by atoms with Crippen LogP contribution < -0.4 is 5.32 Å². The molecule has 0 spiro atoms. The first-order chi connectivity index (χ1) is 16.5. The van der Waals surface area contributed by atoms with Gasteiger partial charge in [-0.15, -0.1) is 0 Å². The third-order valence-electron chi connectivity index (χ3n) is 6.35. The lowest BCUT2D eigenvalue weighted by Crippen LogP contribution is -2.34. The molecule has 2 aromatic carbocycles. The lowest BCUT2D eigenvalue weighted by molar-refractivity contribution is -0.118. The van der Waals surface area contributed by atoms with Gasteiger partial charge in [0.15, 0.2) is 5.78 Å². The normalized spacial score (nSPS) is 18.4. The van der Waals surface area contributed by atoms with E-state index in [0.29, 0.717) is 6.42 Å². The van der Waals surface area contributed by atoms with E-state index in [0.717, 1.165) is 46.0 Å². The Balaban J connectivity index is 0.000000672. The van der Waals surface area contributed by atoms with Gasteiger partial charge in [-0.2, -0.15) is 5.10 Å². The second-order valence-electron chi connectivity index (χ2n) is 10.7. The smallest absolute Gasteiger partial charge is 0.162 e. The van der Waals surface area contributed by atoms with Crippen LogP contribution in [0.2, 0.25) is 0 Å². The monoisotopic (exact) mass is 473 g/mol. The van der Waals surface area contributed by atoms with Crippen LogP contribution in [0.3, 0.4) is 0 Å². The van der Waals surface area contributed by atoms with E-state index in [-0.39, 0.29) is 29.0 Å². The number of allylic oxidation sites excluding steroid dienone is 2. The summed E-state index contributed by atoms with van der Waals surface area (Å²) in [7, 11) is 0. The van der Waals surface area contributed by atoms with Gasteiger partial charge in [0.05, 0.1) is 11.4 Å². The van der Waals surface area contributed by atoms with Crippen molar-refractivity contribution >= 4 is 11.6 Å². The van der Waals surface area contributed by atoms with Gasteiger partial charge in [0, 0.05) is 35.3 Å². The van der Waals surface area contributed by atoms with Gasteiger partial charge < -0.3 is 15.5 Å². The number of rotatable bonds is 2. The van der Waals surface area contributed by atoms with E-state index in [1.54, 1.807) is 26.0 Å². The molecule has 1 aliphatic carbocycles. The molecule has 0 bridgehead atoms. The second kappa shape index (κ2) is 9.34. The number of hydrogen-bond acceptors (Lipinski definition) is 5. The summed E-state index contributed by atoms with van der Waals surface area (Å²) in [5.74, 6) is 1.13. The van der Waals surface area contributed by atoms with Crippen LogP contribution in [0.15, 0.2) is 59.8 Å². The van der Waals surface area contributed by atoms with Crippen molar-refractivity contribution in [1.29, 1.82) is 0 Å². The molecule has 0 saturated carbocycles. The Bertz CT molecular complexity index is 1280. The Morgan fingerprint density at radius 3 is 2.37 bits per heavy atom. The summed E-state index contributed by atoms with van der Waals surface area (Å²) in [6, 6.07) is 15.5. The molecular formula is C29H35N3O3. The van der Waals surface area contributed by atoms with Gasteiger partial charge in [-0.1, -0.05) is 38.1 Å². The second-order valence-corrected chi connectivity index (χ2v) is 10.7. The maximum atomic E-state index is 13.4. The number of hydrogen-bond donors (Lipinski definition) is 3. The van der Waals surface area contributed by atoms with Gasteiger partial charge in [-0.25, -0.2) is 4.68 Å². The maximum absolute atomic E-state index is 13.4. The molecule has 0 fully saturated rings. The number of carbonyl (C=O) groups is 1. The molecule has 2 aliphatic rings. The number of phenolic OH excluding ortho intramolecular Hbond substituents is 1. The molecule has 1 atom stereocenters. The highest BCUT2D eigenvalue weighted by molar-refractivity contribution is 6.01. The number of fused-ring (bicyclic) bond motifs is 1. The van der Waals surface area contributed by atoms with Gasteiger partial charge in [0.2, 0.25) is 0 Å². The number of nitrogens with zero attached hydrogens (tertiary/aromatic N) is 2. The number of anilines is 1. The molecule has 6 nitrogen and oxygen atoms in total. The van der Waals surface area contributed by atoms with E-state index in [9.17, 15) is 9.90 Å². The number of nitrogens with one attached hydrogen (secondary N) is 1. The summed E-state index contributed by atoms with van der Waals surface area (Å²) in [6.07, 6.45) is 1.17. The number of Topliss-reactive ketones (excluding diaryl/α,β-unsaturated/α-hetero) is 1. The molecule has 184 valence electrons. The topological polar surface area (TPSA) is 87.4 Å². The largest absolute Gasteiger partial charge is 0.508 e. The summed E-state index contributed by atoms with van der Waals surface area (Å²) in [4.78, 5) is 13.4. The van der Waals surface area contributed by atoms with E-state index in [2.05, 4.69) is 44.3 Å². The minimum atomic E-state index is -0.200. The van der Waals surface area contributed by atoms with E-state index < -0.39 is 0 Å². The van der Waals surface area contributed by atoms with Gasteiger partial charge >= 0.3 is 0 Å². The molecule has 2 heterocycles. The van der Waals surface area contributed by atoms with E-state index in [4.69, 9.17) is 10.2 Å². The Kier molecular flexibility index (Phi) is 6.60. The molecule has 0 radical (unpaired) electrons. The van der Waals surface area contributed by atoms with E-state index in [1.807, 2.05) is 29.8 Å². The number of aromatic hydroxyl groups is 1. The molecule has 3 N–H and O–H groups in total. The molecule has 3 aromatic rings. The van der Waals surface area contributed by atoms with Gasteiger partial charge in [-0.3, -0.25) is 4.79 Å². The third-order valence-corrected chi connectivity index (χ3v) is 6.35. The summed E-state index contributed by atoms with van der Waals surface area (Å²) in [6.45, 7) is 11.8. The number of aromatic nitrogens is 2. The fourth-order valence-corrected chi connectivity index (χ4v) is 5.02. The fourth-order valence-electron chi connectivity index (χ4n) is 5.02. The third kappa shape index (κ3) is 5.03. The highest BCUT2D eigenvalue weighted by Gasteiger charge is 2.42. The van der Waals surface area contributed by atoms with Gasteiger partial charge in [-0.05, 0) is 74.9 Å². The Labute approximate surface area is 207 Å². The van der Waals surface area contributed by atoms with Crippen molar-refractivity contribution in [2.24, 2.45) is 5.41 Å². The molecule has 1 unspecified atom stereocenters. The number of aliphatic hydroxyl groups excluding tert-OH is 1. The Morgan fingerprint density at radius 2 is 1.74 bits per heavy atom. The summed E-state index contributed by atoms with van der Waals surface area (Å²) < 4.78 is 1.96. The molecule has 5 rings (SSSR count). The Hall–Kier alpha value is -3.38. The zero-order chi connectivity index (χ0) is 25.5. The Morgan fingerprint density at radius 1 is 1.09 bits per heavy atom. The van der Waals surface area contributed by atoms with Crippen molar-refractivity contribution in [2.75, 3.05) is 5.32 Å². The first kappa shape index (κ1) is 24.7. The number of phenols is 1. The van der Waals surface area contributed by atoms with Crippen LogP contribution in [0.5, 0.6) is 5.75 Å². The highest BCUT2D eigenvalue weighted by Crippen LogP contribution is 2.50. The number of benzene rings is 2. The predicted octanol–water partition coefficient (Wildman–Crippen LogP) is 5.78. The number of aliphatic hydroxyl groups is 1. The van der Waals surface area contributed by atoms with Crippen molar-refractivity contribution in [1.82, 2.24) is 9.78 Å². The van der Waals surface area contributed by atoms with E-state index >= 15 is 0 Å². The van der Waals surface area contributed by atoms with Crippen molar-refractivity contribution in [3.63, 3.8) is 0 Å². The van der Waals surface area contributed by atoms with Crippen LogP contribution >= 0.6 is 0 Å². The molecule has 35 heavy (non-hydrogen) atoms. The van der Waals surface area contributed by atoms with Crippen molar-refractivity contribution in [2.45, 2.75) is 66.4 Å². The van der Waals surface area contributed by atoms with Crippen molar-refractivity contribution < 1.29 is 15.0 Å². The maximum Gasteiger partial charge on any atom is 0.162 e. The van der Waals surface area contributed by atoms with Gasteiger partial charge in [0.1, 0.15) is 11.6 Å². The minimum absolute atomic E-state index is 0.0941. The molecule has 1 aromatic heterocycles. The zero-order valence-corrected chi connectivity index (χ0v) is 21.4. The van der Waals surface area contributed by atoms with Crippen LogP contribution in [0.4, 0.5) is 5.82 Å². The standard InChI is InChI=1S/C26H27N3O2.C3H8O/c1-15-6-5-7-18(12-15)29-25-22(16(2)28-29)23(17-8-10-19(30)11-9-17)24-20(27-25)13-26(3,4)14-21(24)31;1-3(2)4/h5-12,23,27,30H,13-14H2,1-4H3;3-4H,1-2H3. The van der Waals surface area contributed by atoms with E-state index in [1.165, 1.54) is 5.56 Å². The fraction of sp³-hybridized carbons (Fsp3) is 0.379.